The van der Waals surface area contributed by atoms with Crippen molar-refractivity contribution in [1.82, 2.24) is 0 Å². The van der Waals surface area contributed by atoms with E-state index in [-0.39, 0.29) is 11.8 Å². The molecule has 0 atom stereocenters. The summed E-state index contributed by atoms with van der Waals surface area (Å²) in [5.74, 6) is -0.697. The Morgan fingerprint density at radius 2 is 1.42 bits per heavy atom. The molecule has 2 heteroatoms. The molecule has 0 aromatic rings. The van der Waals surface area contributed by atoms with Crippen LogP contribution in [0, 0.1) is 10.8 Å². The zero-order valence-electron chi connectivity index (χ0n) is 16.5. The van der Waals surface area contributed by atoms with E-state index in [0.717, 1.165) is 19.3 Å². The van der Waals surface area contributed by atoms with Crippen molar-refractivity contribution in [3.63, 3.8) is 0 Å². The minimum absolute atomic E-state index is 0.270. The highest BCUT2D eigenvalue weighted by Crippen LogP contribution is 2.53. The molecular formula is C24H36O2. The number of carboxylic acid groups (broad SMARTS) is 1. The van der Waals surface area contributed by atoms with Crippen molar-refractivity contribution in [3.05, 3.63) is 48.6 Å². The van der Waals surface area contributed by atoms with Gasteiger partial charge in [-0.1, -0.05) is 68.4 Å². The van der Waals surface area contributed by atoms with Crippen LogP contribution in [0.2, 0.25) is 0 Å². The van der Waals surface area contributed by atoms with Crippen LogP contribution >= 0.6 is 0 Å². The van der Waals surface area contributed by atoms with Crippen LogP contribution in [0.3, 0.4) is 0 Å². The van der Waals surface area contributed by atoms with Crippen LogP contribution in [-0.4, -0.2) is 11.1 Å². The van der Waals surface area contributed by atoms with E-state index >= 15 is 0 Å². The molecule has 2 fully saturated rings. The zero-order valence-corrected chi connectivity index (χ0v) is 16.5. The van der Waals surface area contributed by atoms with Gasteiger partial charge in [-0.05, 0) is 57.8 Å². The monoisotopic (exact) mass is 356 g/mol. The van der Waals surface area contributed by atoms with Gasteiger partial charge in [-0.25, -0.2) is 0 Å². The number of hydrogen-bond acceptors (Lipinski definition) is 1. The predicted molar refractivity (Wildman–Crippen MR) is 110 cm³/mol. The van der Waals surface area contributed by atoms with Crippen molar-refractivity contribution in [2.24, 2.45) is 10.8 Å². The van der Waals surface area contributed by atoms with Crippen LogP contribution in [-0.2, 0) is 4.79 Å². The molecule has 2 saturated carbocycles. The molecular weight excluding hydrogens is 320 g/mol. The molecule has 2 rings (SSSR count). The normalized spacial score (nSPS) is 20.7. The highest BCUT2D eigenvalue weighted by atomic mass is 16.4. The maximum absolute atomic E-state index is 10.5. The van der Waals surface area contributed by atoms with Gasteiger partial charge < -0.3 is 5.11 Å². The first kappa shape index (κ1) is 20.7. The summed E-state index contributed by atoms with van der Waals surface area (Å²) < 4.78 is 0. The topological polar surface area (TPSA) is 37.3 Å². The first-order valence-corrected chi connectivity index (χ1v) is 10.5. The molecule has 0 amide bonds. The van der Waals surface area contributed by atoms with Crippen LogP contribution in [0.4, 0.5) is 0 Å². The average Bonchev–Trinajstić information content (AvgIpc) is 3.52. The lowest BCUT2D eigenvalue weighted by Gasteiger charge is -2.07. The third kappa shape index (κ3) is 8.21. The number of rotatable bonds is 14. The summed E-state index contributed by atoms with van der Waals surface area (Å²) in [6.07, 6.45) is 31.8. The van der Waals surface area contributed by atoms with E-state index in [2.05, 4.69) is 55.5 Å². The molecule has 1 N–H and O–H groups in total. The molecule has 0 aromatic carbocycles. The van der Waals surface area contributed by atoms with Crippen LogP contribution in [0.15, 0.2) is 48.6 Å². The number of unbranched alkanes of at least 4 members (excludes halogenated alkanes) is 4. The molecule has 0 aliphatic heterocycles. The second kappa shape index (κ2) is 10.5. The lowest BCUT2D eigenvalue weighted by Crippen LogP contribution is -1.95. The molecule has 2 nitrogen and oxygen atoms in total. The Kier molecular flexibility index (Phi) is 8.41. The Bertz CT molecular complexity index is 543. The minimum atomic E-state index is -0.697. The van der Waals surface area contributed by atoms with Crippen molar-refractivity contribution in [2.75, 3.05) is 0 Å². The Balaban J connectivity index is 1.69. The van der Waals surface area contributed by atoms with E-state index in [0.29, 0.717) is 5.41 Å². The Morgan fingerprint density at radius 1 is 0.808 bits per heavy atom. The van der Waals surface area contributed by atoms with Crippen LogP contribution in [0.5, 0.6) is 0 Å². The summed E-state index contributed by atoms with van der Waals surface area (Å²) in [6, 6.07) is 0. The predicted octanol–water partition coefficient (Wildman–Crippen LogP) is 7.00. The summed E-state index contributed by atoms with van der Waals surface area (Å²) in [7, 11) is 0. The number of aliphatic carboxylic acids is 1. The van der Waals surface area contributed by atoms with E-state index in [1.165, 1.54) is 51.4 Å². The Morgan fingerprint density at radius 3 is 2.00 bits per heavy atom. The van der Waals surface area contributed by atoms with Gasteiger partial charge in [0.05, 0.1) is 0 Å². The van der Waals surface area contributed by atoms with Crippen molar-refractivity contribution in [2.45, 2.75) is 84.0 Å². The van der Waals surface area contributed by atoms with E-state index in [1.54, 1.807) is 0 Å². The van der Waals surface area contributed by atoms with Crippen LogP contribution in [0.1, 0.15) is 84.0 Å². The van der Waals surface area contributed by atoms with Gasteiger partial charge >= 0.3 is 5.97 Å². The van der Waals surface area contributed by atoms with Gasteiger partial charge in [0, 0.05) is 17.3 Å². The second-order valence-corrected chi connectivity index (χ2v) is 8.09. The maximum Gasteiger partial charge on any atom is 0.303 e. The maximum atomic E-state index is 10.5. The van der Waals surface area contributed by atoms with Gasteiger partial charge in [0.15, 0.2) is 0 Å². The van der Waals surface area contributed by atoms with E-state index in [9.17, 15) is 4.79 Å². The Labute approximate surface area is 159 Å². The van der Waals surface area contributed by atoms with Crippen molar-refractivity contribution in [3.8, 4) is 0 Å². The quantitative estimate of drug-likeness (QED) is 0.269. The lowest BCUT2D eigenvalue weighted by molar-refractivity contribution is -0.137. The molecule has 0 saturated heterocycles. The van der Waals surface area contributed by atoms with E-state index in [4.69, 9.17) is 5.11 Å². The lowest BCUT2D eigenvalue weighted by atomic mass is 9.98. The number of allylic oxidation sites excluding steroid dienone is 8. The summed E-state index contributed by atoms with van der Waals surface area (Å²) in [5, 5.41) is 8.67. The first-order chi connectivity index (χ1) is 12.6. The fourth-order valence-electron chi connectivity index (χ4n) is 3.20. The highest BCUT2D eigenvalue weighted by Gasteiger charge is 2.41. The zero-order chi connectivity index (χ0) is 18.7. The van der Waals surface area contributed by atoms with Crippen molar-refractivity contribution < 1.29 is 9.90 Å². The van der Waals surface area contributed by atoms with E-state index < -0.39 is 5.97 Å². The molecule has 0 unspecified atom stereocenters. The third-order valence-corrected chi connectivity index (χ3v) is 5.48. The average molecular weight is 357 g/mol. The molecule has 0 radical (unpaired) electrons. The first-order valence-electron chi connectivity index (χ1n) is 10.5. The van der Waals surface area contributed by atoms with E-state index in [1.807, 2.05) is 0 Å². The molecule has 144 valence electrons. The molecule has 0 heterocycles. The molecule has 0 bridgehead atoms. The SMILES string of the molecule is CCCCCC=CCC=CC1(C=CC2(C=CCCCC(=O)O)CC2)CC1. The van der Waals surface area contributed by atoms with Gasteiger partial charge in [0.2, 0.25) is 0 Å². The number of hydrogen-bond donors (Lipinski definition) is 1. The molecule has 0 spiro atoms. The molecule has 26 heavy (non-hydrogen) atoms. The highest BCUT2D eigenvalue weighted by molar-refractivity contribution is 5.66. The summed E-state index contributed by atoms with van der Waals surface area (Å²) in [6.45, 7) is 2.25. The van der Waals surface area contributed by atoms with Gasteiger partial charge in [-0.2, -0.15) is 0 Å². The fourth-order valence-corrected chi connectivity index (χ4v) is 3.20. The fraction of sp³-hybridized carbons (Fsp3) is 0.625. The van der Waals surface area contributed by atoms with Gasteiger partial charge in [0.1, 0.15) is 0 Å². The molecule has 2 aliphatic rings. The molecule has 2 aliphatic carbocycles. The van der Waals surface area contributed by atoms with Crippen LogP contribution < -0.4 is 0 Å². The molecule has 0 aromatic heterocycles. The number of carboxylic acids is 1. The summed E-state index contributed by atoms with van der Waals surface area (Å²) in [4.78, 5) is 10.5. The third-order valence-electron chi connectivity index (χ3n) is 5.48. The minimum Gasteiger partial charge on any atom is -0.481 e. The smallest absolute Gasteiger partial charge is 0.303 e. The van der Waals surface area contributed by atoms with Gasteiger partial charge in [-0.15, -0.1) is 0 Å². The largest absolute Gasteiger partial charge is 0.481 e. The second-order valence-electron chi connectivity index (χ2n) is 8.09. The number of carbonyl (C=O) groups is 1. The summed E-state index contributed by atoms with van der Waals surface area (Å²) in [5.41, 5.74) is 0.592. The van der Waals surface area contributed by atoms with Crippen molar-refractivity contribution in [1.29, 1.82) is 0 Å². The Hall–Kier alpha value is -1.57. The van der Waals surface area contributed by atoms with Crippen molar-refractivity contribution >= 4 is 5.97 Å². The summed E-state index contributed by atoms with van der Waals surface area (Å²) >= 11 is 0. The standard InChI is InChI=1S/C24H36O2/c1-2-3-4-5-6-7-8-11-14-23(16-17-23)18-19-24(20-21-24)15-12-9-10-13-22(25)26/h6-7,11-12,14-15,18-19H,2-5,8-10,13,16-17,20-21H2,1H3,(H,25,26). The van der Waals surface area contributed by atoms with Gasteiger partial charge in [-0.3, -0.25) is 4.79 Å². The van der Waals surface area contributed by atoms with Crippen LogP contribution in [0.25, 0.3) is 0 Å². The van der Waals surface area contributed by atoms with Gasteiger partial charge in [0.25, 0.3) is 0 Å².